The normalized spacial score (nSPS) is 21.3. The van der Waals surface area contributed by atoms with Crippen molar-refractivity contribution in [2.24, 2.45) is 0 Å². The molecule has 2 amide bonds. The molecule has 1 unspecified atom stereocenters. The van der Waals surface area contributed by atoms with E-state index in [1.807, 2.05) is 34.6 Å². The maximum atomic E-state index is 12.2. The summed E-state index contributed by atoms with van der Waals surface area (Å²) in [6.07, 6.45) is 9.21. The highest BCUT2D eigenvalue weighted by atomic mass is 32.1. The average Bonchev–Trinajstić information content (AvgIpc) is 3.49. The van der Waals surface area contributed by atoms with Gasteiger partial charge in [0.05, 0.1) is 11.4 Å². The summed E-state index contributed by atoms with van der Waals surface area (Å²) in [6, 6.07) is 4.26. The average molecular weight is 421 g/mol. The molecule has 1 atom stereocenters. The number of urea groups is 1. The molecular weight excluding hydrogens is 396 g/mol. The minimum atomic E-state index is 0.0714. The van der Waals surface area contributed by atoms with Crippen molar-refractivity contribution < 1.29 is 4.79 Å². The minimum absolute atomic E-state index is 0.0714. The zero-order valence-corrected chi connectivity index (χ0v) is 17.6. The van der Waals surface area contributed by atoms with Crippen molar-refractivity contribution in [2.75, 3.05) is 31.1 Å². The Morgan fingerprint density at radius 2 is 2.13 bits per heavy atom. The number of piperidine rings is 1. The SMILES string of the molecule is O=C1NCCN1C1CCCN(c2nc(-c3cccnc3)nc3sc4c(c23)CCC4)C1. The first-order valence-electron chi connectivity index (χ1n) is 10.8. The van der Waals surface area contributed by atoms with Crippen molar-refractivity contribution in [3.63, 3.8) is 0 Å². The summed E-state index contributed by atoms with van der Waals surface area (Å²) < 4.78 is 0. The van der Waals surface area contributed by atoms with Gasteiger partial charge in [-0.3, -0.25) is 4.98 Å². The van der Waals surface area contributed by atoms with E-state index in [-0.39, 0.29) is 12.1 Å². The highest BCUT2D eigenvalue weighted by molar-refractivity contribution is 7.19. The Labute approximate surface area is 179 Å². The van der Waals surface area contributed by atoms with Crippen LogP contribution in [0.25, 0.3) is 21.6 Å². The number of fused-ring (bicyclic) bond motifs is 3. The lowest BCUT2D eigenvalue weighted by Gasteiger charge is -2.38. The summed E-state index contributed by atoms with van der Waals surface area (Å²) in [5, 5.41) is 4.19. The zero-order chi connectivity index (χ0) is 20.1. The van der Waals surface area contributed by atoms with Crippen LogP contribution in [0, 0.1) is 0 Å². The number of pyridine rings is 1. The van der Waals surface area contributed by atoms with Gasteiger partial charge in [0.1, 0.15) is 10.6 Å². The number of rotatable bonds is 3. The third-order valence-corrected chi connectivity index (χ3v) is 7.68. The molecule has 30 heavy (non-hydrogen) atoms. The predicted molar refractivity (Wildman–Crippen MR) is 118 cm³/mol. The zero-order valence-electron chi connectivity index (χ0n) is 16.8. The first-order chi connectivity index (χ1) is 14.8. The molecule has 2 fully saturated rings. The van der Waals surface area contributed by atoms with Crippen LogP contribution in [-0.2, 0) is 12.8 Å². The molecule has 1 aliphatic carbocycles. The van der Waals surface area contributed by atoms with Gasteiger partial charge in [-0.25, -0.2) is 14.8 Å². The second kappa shape index (κ2) is 7.19. The van der Waals surface area contributed by atoms with Crippen molar-refractivity contribution >= 4 is 33.4 Å². The van der Waals surface area contributed by atoms with Crippen LogP contribution in [0.3, 0.4) is 0 Å². The van der Waals surface area contributed by atoms with Gasteiger partial charge in [0.15, 0.2) is 5.82 Å². The second-order valence-electron chi connectivity index (χ2n) is 8.32. The maximum Gasteiger partial charge on any atom is 0.317 e. The number of nitrogens with one attached hydrogen (secondary N) is 1. The molecule has 2 saturated heterocycles. The van der Waals surface area contributed by atoms with Crippen LogP contribution in [0.1, 0.15) is 29.7 Å². The third kappa shape index (κ3) is 2.93. The number of nitrogens with zero attached hydrogens (tertiary/aromatic N) is 5. The molecule has 0 spiro atoms. The fourth-order valence-electron chi connectivity index (χ4n) is 5.07. The molecular formula is C22H24N6OS. The molecule has 7 nitrogen and oxygen atoms in total. The third-order valence-electron chi connectivity index (χ3n) is 6.49. The van der Waals surface area contributed by atoms with E-state index < -0.39 is 0 Å². The quantitative estimate of drug-likeness (QED) is 0.704. The van der Waals surface area contributed by atoms with Crippen molar-refractivity contribution in [1.29, 1.82) is 0 Å². The van der Waals surface area contributed by atoms with Crippen LogP contribution in [0.4, 0.5) is 10.6 Å². The number of carbonyl (C=O) groups is 1. The summed E-state index contributed by atoms with van der Waals surface area (Å²) in [6.45, 7) is 3.34. The Kier molecular flexibility index (Phi) is 4.33. The predicted octanol–water partition coefficient (Wildman–Crippen LogP) is 3.24. The summed E-state index contributed by atoms with van der Waals surface area (Å²) >= 11 is 1.83. The van der Waals surface area contributed by atoms with Gasteiger partial charge in [-0.15, -0.1) is 11.3 Å². The van der Waals surface area contributed by atoms with E-state index in [1.54, 1.807) is 6.20 Å². The minimum Gasteiger partial charge on any atom is -0.354 e. The van der Waals surface area contributed by atoms with Crippen LogP contribution in [0.2, 0.25) is 0 Å². The lowest BCUT2D eigenvalue weighted by molar-refractivity contribution is 0.189. The van der Waals surface area contributed by atoms with Gasteiger partial charge in [-0.2, -0.15) is 0 Å². The van der Waals surface area contributed by atoms with E-state index in [4.69, 9.17) is 9.97 Å². The number of hydrogen-bond acceptors (Lipinski definition) is 6. The van der Waals surface area contributed by atoms with Gasteiger partial charge in [0, 0.05) is 49.0 Å². The lowest BCUT2D eigenvalue weighted by atomic mass is 10.0. The molecule has 154 valence electrons. The number of anilines is 1. The Bertz CT molecular complexity index is 1110. The molecule has 0 aromatic carbocycles. The number of thiophene rings is 1. The molecule has 3 aromatic heterocycles. The molecule has 3 aliphatic rings. The first kappa shape index (κ1) is 18.1. The standard InChI is InChI=1S/C22H24N6OS/c29-22-24-9-11-28(22)15-5-3-10-27(13-15)20-18-16-6-1-7-17(16)30-21(18)26-19(25-20)14-4-2-8-23-12-14/h2,4,8,12,15H,1,3,5-7,9-11,13H2,(H,24,29). The number of amides is 2. The first-order valence-corrected chi connectivity index (χ1v) is 11.6. The highest BCUT2D eigenvalue weighted by Gasteiger charge is 2.33. The van der Waals surface area contributed by atoms with Crippen LogP contribution in [0.15, 0.2) is 24.5 Å². The smallest absolute Gasteiger partial charge is 0.317 e. The van der Waals surface area contributed by atoms with Gasteiger partial charge in [0.2, 0.25) is 0 Å². The molecule has 0 bridgehead atoms. The number of aryl methyl sites for hydroxylation is 2. The number of carbonyl (C=O) groups excluding carboxylic acids is 1. The van der Waals surface area contributed by atoms with Crippen LogP contribution in [-0.4, -0.2) is 58.1 Å². The van der Waals surface area contributed by atoms with E-state index >= 15 is 0 Å². The summed E-state index contributed by atoms with van der Waals surface area (Å²) in [5.74, 6) is 1.79. The molecule has 2 aliphatic heterocycles. The Hall–Kier alpha value is -2.74. The summed E-state index contributed by atoms with van der Waals surface area (Å²) in [7, 11) is 0. The van der Waals surface area contributed by atoms with Crippen LogP contribution in [0.5, 0.6) is 0 Å². The van der Waals surface area contributed by atoms with E-state index in [9.17, 15) is 4.79 Å². The molecule has 0 radical (unpaired) electrons. The molecule has 5 heterocycles. The topological polar surface area (TPSA) is 74.2 Å². The van der Waals surface area contributed by atoms with Gasteiger partial charge in [-0.05, 0) is 49.8 Å². The highest BCUT2D eigenvalue weighted by Crippen LogP contribution is 2.42. The Morgan fingerprint density at radius 3 is 2.97 bits per heavy atom. The lowest BCUT2D eigenvalue weighted by Crippen LogP contribution is -2.49. The fourth-order valence-corrected chi connectivity index (χ4v) is 6.32. The second-order valence-corrected chi connectivity index (χ2v) is 9.40. The van der Waals surface area contributed by atoms with Gasteiger partial charge < -0.3 is 15.1 Å². The maximum absolute atomic E-state index is 12.2. The van der Waals surface area contributed by atoms with Crippen molar-refractivity contribution in [3.8, 4) is 11.4 Å². The Balaban J connectivity index is 1.45. The molecule has 0 saturated carbocycles. The van der Waals surface area contributed by atoms with E-state index in [2.05, 4.69) is 15.2 Å². The van der Waals surface area contributed by atoms with Crippen molar-refractivity contribution in [3.05, 3.63) is 35.0 Å². The number of aromatic nitrogens is 3. The van der Waals surface area contributed by atoms with Gasteiger partial charge in [0.25, 0.3) is 0 Å². The van der Waals surface area contributed by atoms with E-state index in [0.717, 1.165) is 73.9 Å². The van der Waals surface area contributed by atoms with E-state index in [0.29, 0.717) is 0 Å². The molecule has 1 N–H and O–H groups in total. The molecule has 8 heteroatoms. The van der Waals surface area contributed by atoms with Gasteiger partial charge in [-0.1, -0.05) is 0 Å². The van der Waals surface area contributed by atoms with Gasteiger partial charge >= 0.3 is 6.03 Å². The van der Waals surface area contributed by atoms with Crippen LogP contribution >= 0.6 is 11.3 Å². The van der Waals surface area contributed by atoms with Crippen LogP contribution < -0.4 is 10.2 Å². The van der Waals surface area contributed by atoms with E-state index in [1.165, 1.54) is 22.2 Å². The summed E-state index contributed by atoms with van der Waals surface area (Å²) in [4.78, 5) is 33.5. The fraction of sp³-hybridized carbons (Fsp3) is 0.455. The van der Waals surface area contributed by atoms with Crippen molar-refractivity contribution in [1.82, 2.24) is 25.2 Å². The molecule has 6 rings (SSSR count). The van der Waals surface area contributed by atoms with Crippen molar-refractivity contribution in [2.45, 2.75) is 38.1 Å². The molecule has 3 aromatic rings. The summed E-state index contributed by atoms with van der Waals surface area (Å²) in [5.41, 5.74) is 2.39. The Morgan fingerprint density at radius 1 is 1.17 bits per heavy atom. The number of hydrogen-bond donors (Lipinski definition) is 1. The monoisotopic (exact) mass is 420 g/mol. The largest absolute Gasteiger partial charge is 0.354 e.